The number of halogens is 3. The van der Waals surface area contributed by atoms with Gasteiger partial charge in [-0.25, -0.2) is 4.98 Å². The van der Waals surface area contributed by atoms with Crippen LogP contribution in [0.1, 0.15) is 17.7 Å². The minimum atomic E-state index is -0.485. The molecule has 8 nitrogen and oxygen atoms in total. The zero-order valence-corrected chi connectivity index (χ0v) is 23.5. The van der Waals surface area contributed by atoms with Gasteiger partial charge in [-0.1, -0.05) is 11.6 Å². The van der Waals surface area contributed by atoms with Crippen LogP contribution in [0.4, 0.5) is 5.82 Å². The third-order valence-electron chi connectivity index (χ3n) is 6.56. The van der Waals surface area contributed by atoms with Crippen molar-refractivity contribution in [2.75, 3.05) is 37.8 Å². The molecule has 0 saturated carbocycles. The van der Waals surface area contributed by atoms with Crippen LogP contribution in [-0.2, 0) is 17.8 Å². The quantitative estimate of drug-likeness (QED) is 0.383. The summed E-state index contributed by atoms with van der Waals surface area (Å²) in [7, 11) is 1.65. The maximum absolute atomic E-state index is 11.6. The number of carbonyl (C=O) groups excluding carboxylic acids is 1. The molecule has 200 valence electrons. The molecule has 37 heavy (non-hydrogen) atoms. The van der Waals surface area contributed by atoms with Gasteiger partial charge in [0, 0.05) is 37.3 Å². The van der Waals surface area contributed by atoms with Gasteiger partial charge in [0.1, 0.15) is 11.6 Å². The van der Waals surface area contributed by atoms with E-state index >= 15 is 0 Å². The van der Waals surface area contributed by atoms with E-state index in [1.54, 1.807) is 13.3 Å². The van der Waals surface area contributed by atoms with Gasteiger partial charge in [-0.2, -0.15) is 0 Å². The van der Waals surface area contributed by atoms with Gasteiger partial charge >= 0.3 is 0 Å². The molecular weight excluding hydrogens is 557 g/mol. The lowest BCUT2D eigenvalue weighted by molar-refractivity contribution is -0.113. The Hall–Kier alpha value is -1.85. The van der Waals surface area contributed by atoms with Gasteiger partial charge in [0.25, 0.3) is 0 Å². The molecule has 5 rings (SSSR count). The number of likely N-dealkylation sites (tertiary alicyclic amines) is 1. The molecule has 0 bridgehead atoms. The summed E-state index contributed by atoms with van der Waals surface area (Å²) < 4.78 is 5.38. The van der Waals surface area contributed by atoms with E-state index in [0.717, 1.165) is 58.7 Å². The second-order valence-corrected chi connectivity index (χ2v) is 10.3. The highest BCUT2D eigenvalue weighted by Gasteiger charge is 2.27. The smallest absolute Gasteiger partial charge is 0.235 e. The van der Waals surface area contributed by atoms with Crippen molar-refractivity contribution in [1.82, 2.24) is 20.2 Å². The number of anilines is 1. The number of rotatable bonds is 7. The molecule has 2 aromatic heterocycles. The summed E-state index contributed by atoms with van der Waals surface area (Å²) in [6.07, 6.45) is 2.81. The largest absolute Gasteiger partial charge is 0.497 e. The van der Waals surface area contributed by atoms with Crippen molar-refractivity contribution in [3.8, 4) is 5.75 Å². The number of aliphatic hydroxyl groups excluding tert-OH is 1. The van der Waals surface area contributed by atoms with E-state index in [1.165, 1.54) is 11.8 Å². The van der Waals surface area contributed by atoms with E-state index < -0.39 is 6.10 Å². The molecule has 1 saturated heterocycles. The van der Waals surface area contributed by atoms with Gasteiger partial charge in [0.05, 0.1) is 40.1 Å². The van der Waals surface area contributed by atoms with Crippen molar-refractivity contribution in [3.05, 3.63) is 52.8 Å². The van der Waals surface area contributed by atoms with Crippen LogP contribution >= 0.6 is 48.2 Å². The monoisotopic (exact) mass is 585 g/mol. The number of hydrogen-bond acceptors (Lipinski definition) is 8. The minimum Gasteiger partial charge on any atom is -0.497 e. The van der Waals surface area contributed by atoms with Crippen LogP contribution < -0.4 is 15.4 Å². The molecule has 1 amide bonds. The number of pyridine rings is 2. The zero-order chi connectivity index (χ0) is 24.4. The molecule has 3 aromatic rings. The van der Waals surface area contributed by atoms with Gasteiger partial charge < -0.3 is 25.4 Å². The lowest BCUT2D eigenvalue weighted by Gasteiger charge is -2.36. The molecule has 12 heteroatoms. The summed E-state index contributed by atoms with van der Waals surface area (Å²) >= 11 is 8.01. The van der Waals surface area contributed by atoms with Crippen molar-refractivity contribution in [3.63, 3.8) is 0 Å². The lowest BCUT2D eigenvalue weighted by Crippen LogP contribution is -2.52. The van der Waals surface area contributed by atoms with E-state index in [-0.39, 0.29) is 36.8 Å². The van der Waals surface area contributed by atoms with Crippen LogP contribution in [0, 0.1) is 0 Å². The second-order valence-electron chi connectivity index (χ2n) is 8.85. The molecule has 2 atom stereocenters. The number of aliphatic hydroxyl groups is 1. The first-order valence-electron chi connectivity index (χ1n) is 11.7. The Morgan fingerprint density at radius 3 is 2.92 bits per heavy atom. The number of hydrogen-bond donors (Lipinski definition) is 3. The number of carbonyl (C=O) groups is 1. The van der Waals surface area contributed by atoms with E-state index in [0.29, 0.717) is 29.7 Å². The molecule has 0 unspecified atom stereocenters. The number of ether oxygens (including phenoxy) is 1. The number of methoxy groups -OCH3 is 1. The fourth-order valence-corrected chi connectivity index (χ4v) is 5.63. The number of amides is 1. The first kappa shape index (κ1) is 29.7. The third-order valence-corrected chi connectivity index (χ3v) is 7.93. The molecule has 0 spiro atoms. The predicted molar refractivity (Wildman–Crippen MR) is 153 cm³/mol. The lowest BCUT2D eigenvalue weighted by atomic mass is 10.00. The Balaban J connectivity index is 0.00000190. The minimum absolute atomic E-state index is 0. The van der Waals surface area contributed by atoms with Crippen molar-refractivity contribution >= 4 is 70.8 Å². The van der Waals surface area contributed by atoms with Gasteiger partial charge in [-0.3, -0.25) is 9.78 Å². The molecule has 4 heterocycles. The Morgan fingerprint density at radius 1 is 1.30 bits per heavy atom. The maximum atomic E-state index is 11.6. The number of fused-ring (bicyclic) bond motifs is 2. The second kappa shape index (κ2) is 13.3. The number of piperidine rings is 1. The normalized spacial score (nSPS) is 19.4. The van der Waals surface area contributed by atoms with Crippen molar-refractivity contribution in [2.45, 2.75) is 36.4 Å². The molecule has 2 aliphatic heterocycles. The average molecular weight is 587 g/mol. The summed E-state index contributed by atoms with van der Waals surface area (Å²) in [5.41, 5.74) is 2.78. The molecule has 1 fully saturated rings. The zero-order valence-electron chi connectivity index (χ0n) is 20.3. The Bertz CT molecular complexity index is 1250. The molecule has 1 aromatic carbocycles. The number of nitrogens with one attached hydrogen (secondary N) is 2. The summed E-state index contributed by atoms with van der Waals surface area (Å²) in [6.45, 7) is 2.80. The summed E-state index contributed by atoms with van der Waals surface area (Å²) in [5, 5.41) is 18.7. The highest BCUT2D eigenvalue weighted by atomic mass is 35.5. The van der Waals surface area contributed by atoms with Crippen LogP contribution in [0.3, 0.4) is 0 Å². The molecular formula is C25H30Cl3N5O3S. The maximum Gasteiger partial charge on any atom is 0.235 e. The SMILES string of the molecule is COc1ccc2ncc(Cl)c(CCN3CC[C@@H](NCc4ccc5c(n4)NC(=O)CS5)[C@@H](O)C3)c2c1.Cl.Cl. The first-order valence-corrected chi connectivity index (χ1v) is 13.0. The molecule has 2 aliphatic rings. The first-order chi connectivity index (χ1) is 17.0. The standard InChI is InChI=1S/C25H28ClN5O3S.2ClH/c1-34-16-3-4-20-18(10-16)17(19(26)12-28-20)6-8-31-9-7-21(22(32)13-31)27-11-15-2-5-23-25(29-15)30-24(33)14-35-23;;/h2-5,10,12,21-22,27,32H,6-9,11,13-14H2,1H3,(H,29,30,33);2*1H/t21-,22+;;/m1../s1. The Labute approximate surface area is 237 Å². The number of thioether (sulfide) groups is 1. The topological polar surface area (TPSA) is 99.6 Å². The van der Waals surface area contributed by atoms with E-state index in [9.17, 15) is 9.90 Å². The van der Waals surface area contributed by atoms with Crippen LogP contribution in [0.5, 0.6) is 5.75 Å². The Morgan fingerprint density at radius 2 is 2.14 bits per heavy atom. The van der Waals surface area contributed by atoms with Crippen LogP contribution in [0.15, 0.2) is 41.4 Å². The van der Waals surface area contributed by atoms with Gasteiger partial charge in [-0.15, -0.1) is 36.6 Å². The summed E-state index contributed by atoms with van der Waals surface area (Å²) in [4.78, 5) is 23.9. The number of nitrogens with zero attached hydrogens (tertiary/aromatic N) is 3. The highest BCUT2D eigenvalue weighted by molar-refractivity contribution is 8.00. The van der Waals surface area contributed by atoms with Gasteiger partial charge in [-0.05, 0) is 55.3 Å². The third kappa shape index (κ3) is 6.97. The van der Waals surface area contributed by atoms with Crippen molar-refractivity contribution < 1.29 is 14.6 Å². The van der Waals surface area contributed by atoms with E-state index in [4.69, 9.17) is 16.3 Å². The highest BCUT2D eigenvalue weighted by Crippen LogP contribution is 2.30. The molecule has 0 radical (unpaired) electrons. The number of aromatic nitrogens is 2. The summed E-state index contributed by atoms with van der Waals surface area (Å²) in [5.74, 6) is 1.80. The van der Waals surface area contributed by atoms with Crippen LogP contribution in [-0.4, -0.2) is 70.5 Å². The van der Waals surface area contributed by atoms with Crippen molar-refractivity contribution in [1.29, 1.82) is 0 Å². The van der Waals surface area contributed by atoms with Crippen LogP contribution in [0.25, 0.3) is 10.9 Å². The fraction of sp³-hybridized carbons (Fsp3) is 0.400. The predicted octanol–water partition coefficient (Wildman–Crippen LogP) is 3.95. The van der Waals surface area contributed by atoms with Crippen LogP contribution in [0.2, 0.25) is 5.02 Å². The fourth-order valence-electron chi connectivity index (χ4n) is 4.63. The van der Waals surface area contributed by atoms with E-state index in [2.05, 4.69) is 25.5 Å². The number of benzene rings is 1. The summed E-state index contributed by atoms with van der Waals surface area (Å²) in [6, 6.07) is 9.77. The van der Waals surface area contributed by atoms with E-state index in [1.807, 2.05) is 30.3 Å². The van der Waals surface area contributed by atoms with Gasteiger partial charge in [0.15, 0.2) is 0 Å². The Kier molecular flexibility index (Phi) is 10.7. The number of β-amino-alcohol motifs (C(OH)–C–C–N with tert-alkyl or cyclic N) is 1. The van der Waals surface area contributed by atoms with Crippen molar-refractivity contribution in [2.24, 2.45) is 0 Å². The molecule has 3 N–H and O–H groups in total. The van der Waals surface area contributed by atoms with Gasteiger partial charge in [0.2, 0.25) is 5.91 Å². The average Bonchev–Trinajstić information content (AvgIpc) is 2.87. The molecule has 0 aliphatic carbocycles.